The average Bonchev–Trinajstić information content (AvgIpc) is 3.36. The van der Waals surface area contributed by atoms with E-state index in [1.807, 2.05) is 38.2 Å². The second kappa shape index (κ2) is 5.48. The van der Waals surface area contributed by atoms with E-state index in [1.54, 1.807) is 13.3 Å². The van der Waals surface area contributed by atoms with E-state index in [0.717, 1.165) is 40.9 Å². The monoisotopic (exact) mass is 295 g/mol. The summed E-state index contributed by atoms with van der Waals surface area (Å²) in [4.78, 5) is 16.4. The van der Waals surface area contributed by atoms with Crippen LogP contribution in [-0.2, 0) is 14.9 Å². The first-order chi connectivity index (χ1) is 10.6. The zero-order chi connectivity index (χ0) is 15.7. The van der Waals surface area contributed by atoms with Gasteiger partial charge in [-0.15, -0.1) is 0 Å². The first-order valence-corrected chi connectivity index (χ1v) is 7.31. The Morgan fingerprint density at radius 2 is 2.00 bits per heavy atom. The highest BCUT2D eigenvalue weighted by Crippen LogP contribution is 2.49. The number of methoxy groups -OCH3 is 2. The lowest BCUT2D eigenvalue weighted by atomic mass is 9.92. The molecule has 0 unspecified atom stereocenters. The Balaban J connectivity index is 1.91. The third kappa shape index (κ3) is 2.37. The maximum absolute atomic E-state index is 11.9. The molecule has 22 heavy (non-hydrogen) atoms. The zero-order valence-corrected chi connectivity index (χ0v) is 13.1. The Morgan fingerprint density at radius 1 is 1.23 bits per heavy atom. The normalized spacial score (nSPS) is 15.2. The molecule has 1 aromatic carbocycles. The number of ether oxygens (including phenoxy) is 2. The molecule has 5 heteroatoms. The molecule has 0 spiro atoms. The minimum atomic E-state index is -0.467. The van der Waals surface area contributed by atoms with Gasteiger partial charge >= 0.3 is 5.97 Å². The Hall–Kier alpha value is -2.30. The van der Waals surface area contributed by atoms with Crippen LogP contribution in [-0.4, -0.2) is 33.0 Å². The molecule has 4 nitrogen and oxygen atoms in total. The van der Waals surface area contributed by atoms with Gasteiger partial charge in [0.15, 0.2) is 0 Å². The predicted molar refractivity (Wildman–Crippen MR) is 87.3 cm³/mol. The molecule has 3 rings (SSSR count). The van der Waals surface area contributed by atoms with Gasteiger partial charge in [0.1, 0.15) is 13.6 Å². The molecule has 112 valence electrons. The van der Waals surface area contributed by atoms with Gasteiger partial charge in [-0.05, 0) is 36.0 Å². The lowest BCUT2D eigenvalue weighted by molar-refractivity contribution is -0.143. The number of rotatable bonds is 4. The van der Waals surface area contributed by atoms with Crippen LogP contribution >= 0.6 is 0 Å². The number of nitrogens with zero attached hydrogens (tertiary/aromatic N) is 1. The van der Waals surface area contributed by atoms with Crippen molar-refractivity contribution in [2.75, 3.05) is 14.2 Å². The Kier molecular flexibility index (Phi) is 3.65. The van der Waals surface area contributed by atoms with Crippen molar-refractivity contribution in [3.05, 3.63) is 42.1 Å². The second-order valence-electron chi connectivity index (χ2n) is 5.69. The molecule has 1 aromatic heterocycles. The Morgan fingerprint density at radius 3 is 2.55 bits per heavy atom. The molecule has 0 saturated heterocycles. The minimum absolute atomic E-state index is 0.168. The number of hydrogen-bond donors (Lipinski definition) is 0. The van der Waals surface area contributed by atoms with Crippen LogP contribution in [0.2, 0.25) is 0 Å². The fourth-order valence-corrected chi connectivity index (χ4v) is 2.76. The highest BCUT2D eigenvalue weighted by molar-refractivity contribution is 6.34. The maximum Gasteiger partial charge on any atom is 0.316 e. The molecule has 1 saturated carbocycles. The first-order valence-electron chi connectivity index (χ1n) is 7.31. The largest absolute Gasteiger partial charge is 0.497 e. The molecule has 2 aromatic rings. The fraction of sp³-hybridized carbons (Fsp3) is 0.294. The molecule has 1 aliphatic rings. The summed E-state index contributed by atoms with van der Waals surface area (Å²) in [6.07, 6.45) is 3.45. The van der Waals surface area contributed by atoms with Gasteiger partial charge in [0.05, 0.1) is 25.3 Å². The number of carbonyl (C=O) groups is 1. The molecule has 1 fully saturated rings. The number of aromatic nitrogens is 1. The topological polar surface area (TPSA) is 48.4 Å². The van der Waals surface area contributed by atoms with E-state index in [4.69, 9.17) is 9.47 Å². The van der Waals surface area contributed by atoms with E-state index >= 15 is 0 Å². The SMILES string of the molecule is Bc1ccc(-c2ccc(C3(C(=O)OC)CC3)cn2)cc1OC. The van der Waals surface area contributed by atoms with Crippen LogP contribution in [0.15, 0.2) is 36.5 Å². The summed E-state index contributed by atoms with van der Waals surface area (Å²) >= 11 is 0. The summed E-state index contributed by atoms with van der Waals surface area (Å²) in [7, 11) is 5.10. The molecular weight excluding hydrogens is 277 g/mol. The lowest BCUT2D eigenvalue weighted by Gasteiger charge is -2.13. The van der Waals surface area contributed by atoms with Crippen molar-refractivity contribution in [1.82, 2.24) is 4.98 Å². The van der Waals surface area contributed by atoms with Crippen LogP contribution < -0.4 is 10.2 Å². The highest BCUT2D eigenvalue weighted by atomic mass is 16.5. The number of benzene rings is 1. The van der Waals surface area contributed by atoms with E-state index < -0.39 is 5.41 Å². The van der Waals surface area contributed by atoms with Crippen molar-refractivity contribution in [2.45, 2.75) is 18.3 Å². The van der Waals surface area contributed by atoms with E-state index in [0.29, 0.717) is 0 Å². The van der Waals surface area contributed by atoms with Gasteiger partial charge in [-0.3, -0.25) is 9.78 Å². The van der Waals surface area contributed by atoms with Crippen molar-refractivity contribution in [3.63, 3.8) is 0 Å². The molecule has 0 radical (unpaired) electrons. The molecule has 0 bridgehead atoms. The molecule has 0 amide bonds. The van der Waals surface area contributed by atoms with E-state index in [2.05, 4.69) is 4.98 Å². The van der Waals surface area contributed by atoms with E-state index in [1.165, 1.54) is 7.11 Å². The molecule has 1 aliphatic carbocycles. The van der Waals surface area contributed by atoms with Gasteiger partial charge < -0.3 is 9.47 Å². The van der Waals surface area contributed by atoms with Crippen LogP contribution in [0.5, 0.6) is 5.75 Å². The summed E-state index contributed by atoms with van der Waals surface area (Å²) in [5.41, 5.74) is 3.41. The average molecular weight is 295 g/mol. The smallest absolute Gasteiger partial charge is 0.316 e. The molecule has 1 heterocycles. The summed E-state index contributed by atoms with van der Waals surface area (Å²) in [5.74, 6) is 0.677. The van der Waals surface area contributed by atoms with Crippen LogP contribution in [0.4, 0.5) is 0 Å². The number of carbonyl (C=O) groups excluding carboxylic acids is 1. The second-order valence-corrected chi connectivity index (χ2v) is 5.69. The third-order valence-corrected chi connectivity index (χ3v) is 4.35. The van der Waals surface area contributed by atoms with Crippen molar-refractivity contribution >= 4 is 19.3 Å². The van der Waals surface area contributed by atoms with Gasteiger partial charge in [-0.1, -0.05) is 18.2 Å². The number of pyridine rings is 1. The summed E-state index contributed by atoms with van der Waals surface area (Å²) in [5, 5.41) is 0. The van der Waals surface area contributed by atoms with Gasteiger partial charge in [-0.25, -0.2) is 0 Å². The molecule has 0 atom stereocenters. The summed E-state index contributed by atoms with van der Waals surface area (Å²) < 4.78 is 10.3. The Labute approximate surface area is 130 Å². The summed E-state index contributed by atoms with van der Waals surface area (Å²) in [6.45, 7) is 0. The van der Waals surface area contributed by atoms with Crippen molar-refractivity contribution in [3.8, 4) is 17.0 Å². The number of esters is 1. The lowest BCUT2D eigenvalue weighted by Crippen LogP contribution is -2.21. The maximum atomic E-state index is 11.9. The van der Waals surface area contributed by atoms with Crippen molar-refractivity contribution < 1.29 is 14.3 Å². The van der Waals surface area contributed by atoms with Crippen molar-refractivity contribution in [2.24, 2.45) is 0 Å². The number of hydrogen-bond acceptors (Lipinski definition) is 4. The summed E-state index contributed by atoms with van der Waals surface area (Å²) in [6, 6.07) is 9.93. The minimum Gasteiger partial charge on any atom is -0.497 e. The van der Waals surface area contributed by atoms with Gasteiger partial charge in [0.25, 0.3) is 0 Å². The van der Waals surface area contributed by atoms with E-state index in [-0.39, 0.29) is 5.97 Å². The quantitative estimate of drug-likeness (QED) is 0.628. The standard InChI is InChI=1S/C17H18BNO3/c1-21-15-9-11(3-5-13(15)18)14-6-4-12(10-19-14)17(7-8-17)16(20)22-2/h3-6,9-10H,7-8,18H2,1-2H3. The van der Waals surface area contributed by atoms with Gasteiger partial charge in [0.2, 0.25) is 0 Å². The highest BCUT2D eigenvalue weighted by Gasteiger charge is 2.52. The molecule has 0 N–H and O–H groups in total. The Bertz CT molecular complexity index is 708. The van der Waals surface area contributed by atoms with Crippen LogP contribution in [0.3, 0.4) is 0 Å². The third-order valence-electron chi connectivity index (χ3n) is 4.35. The molecule has 0 aliphatic heterocycles. The van der Waals surface area contributed by atoms with Gasteiger partial charge in [0, 0.05) is 11.8 Å². The first kappa shape index (κ1) is 14.6. The van der Waals surface area contributed by atoms with Crippen LogP contribution in [0.25, 0.3) is 11.3 Å². The van der Waals surface area contributed by atoms with Crippen LogP contribution in [0, 0.1) is 0 Å². The van der Waals surface area contributed by atoms with E-state index in [9.17, 15) is 4.79 Å². The predicted octanol–water partition coefficient (Wildman–Crippen LogP) is 1.22. The van der Waals surface area contributed by atoms with Crippen molar-refractivity contribution in [1.29, 1.82) is 0 Å². The fourth-order valence-electron chi connectivity index (χ4n) is 2.76. The zero-order valence-electron chi connectivity index (χ0n) is 13.1. The van der Waals surface area contributed by atoms with Crippen LogP contribution in [0.1, 0.15) is 18.4 Å². The van der Waals surface area contributed by atoms with Gasteiger partial charge in [-0.2, -0.15) is 0 Å². The molecular formula is C17H18BNO3.